The van der Waals surface area contributed by atoms with Gasteiger partial charge >= 0.3 is 11.9 Å². The lowest BCUT2D eigenvalue weighted by Gasteiger charge is -2.38. The topological polar surface area (TPSA) is 83.7 Å². The fourth-order valence-corrected chi connectivity index (χ4v) is 6.69. The molecular formula is C25H29N3O4. The van der Waals surface area contributed by atoms with Crippen molar-refractivity contribution in [3.63, 3.8) is 0 Å². The average Bonchev–Trinajstić information content (AvgIpc) is 3.46. The summed E-state index contributed by atoms with van der Waals surface area (Å²) >= 11 is 0. The normalized spacial score (nSPS) is 32.2. The van der Waals surface area contributed by atoms with Crippen molar-refractivity contribution < 1.29 is 19.1 Å². The summed E-state index contributed by atoms with van der Waals surface area (Å²) in [6.07, 6.45) is 9.17. The van der Waals surface area contributed by atoms with Gasteiger partial charge < -0.3 is 14.5 Å². The highest BCUT2D eigenvalue weighted by Gasteiger charge is 2.63. The molecule has 2 N–H and O–H groups in total. The fourth-order valence-electron chi connectivity index (χ4n) is 6.69. The number of carbonyl (C=O) groups is 2. The number of aromatic amines is 1. The fraction of sp³-hybridized carbons (Fsp3) is 0.520. The van der Waals surface area contributed by atoms with E-state index in [9.17, 15) is 9.59 Å². The number of fused-ring (bicyclic) bond motifs is 4. The van der Waals surface area contributed by atoms with E-state index < -0.39 is 11.6 Å². The minimum absolute atomic E-state index is 0.0706. The highest BCUT2D eigenvalue weighted by Crippen LogP contribution is 2.54. The number of ether oxygens (including phenoxy) is 2. The first kappa shape index (κ1) is 20.0. The van der Waals surface area contributed by atoms with Gasteiger partial charge in [0.15, 0.2) is 5.60 Å². The summed E-state index contributed by atoms with van der Waals surface area (Å²) in [6, 6.07) is 8.25. The molecule has 5 unspecified atom stereocenters. The van der Waals surface area contributed by atoms with Gasteiger partial charge in [-0.05, 0) is 43.0 Å². The van der Waals surface area contributed by atoms with Crippen LogP contribution in [0.4, 0.5) is 0 Å². The monoisotopic (exact) mass is 435 g/mol. The summed E-state index contributed by atoms with van der Waals surface area (Å²) in [5.74, 6) is -0.469. The van der Waals surface area contributed by atoms with Gasteiger partial charge in [-0.2, -0.15) is 0 Å². The Morgan fingerprint density at radius 3 is 3.12 bits per heavy atom. The quantitative estimate of drug-likeness (QED) is 0.702. The molecule has 2 aromatic rings. The van der Waals surface area contributed by atoms with E-state index in [4.69, 9.17) is 9.47 Å². The Morgan fingerprint density at radius 1 is 1.38 bits per heavy atom. The predicted molar refractivity (Wildman–Crippen MR) is 119 cm³/mol. The lowest BCUT2D eigenvalue weighted by Crippen LogP contribution is -2.55. The third-order valence-corrected chi connectivity index (χ3v) is 8.04. The number of hydrogen-bond donors (Lipinski definition) is 2. The van der Waals surface area contributed by atoms with Crippen LogP contribution in [0, 0.1) is 0 Å². The van der Waals surface area contributed by atoms with Crippen molar-refractivity contribution in [3.8, 4) is 0 Å². The molecule has 168 valence electrons. The van der Waals surface area contributed by atoms with E-state index in [0.717, 1.165) is 47.8 Å². The molecule has 3 aliphatic heterocycles. The standard InChI is InChI=1S/C25H29N3O4/c1-31-24(30)20(10-15-14-26-18-7-3-2-6-17(15)18)27-19-11-16-12-23(29)32-25(16)13-21(19)28-9-5-4-8-22(25)28/h2-3,6-7,12,14,19-22,26-27H,4-5,8-11,13H2,1H3. The molecule has 2 bridgehead atoms. The van der Waals surface area contributed by atoms with Crippen LogP contribution >= 0.6 is 0 Å². The number of nitrogens with zero attached hydrogens (tertiary/aromatic N) is 1. The van der Waals surface area contributed by atoms with Crippen LogP contribution in [-0.2, 0) is 25.5 Å². The number of rotatable bonds is 5. The Bertz CT molecular complexity index is 1110. The number of carbonyl (C=O) groups excluding carboxylic acids is 2. The first-order chi connectivity index (χ1) is 15.6. The molecule has 7 nitrogen and oxygen atoms in total. The molecule has 2 saturated heterocycles. The van der Waals surface area contributed by atoms with Gasteiger partial charge in [0.1, 0.15) is 6.04 Å². The van der Waals surface area contributed by atoms with Crippen molar-refractivity contribution in [3.05, 3.63) is 47.7 Å². The van der Waals surface area contributed by atoms with Crippen molar-refractivity contribution in [1.29, 1.82) is 0 Å². The molecule has 6 rings (SSSR count). The van der Waals surface area contributed by atoms with E-state index in [1.54, 1.807) is 6.08 Å². The molecule has 7 heteroatoms. The number of methoxy groups -OCH3 is 1. The molecule has 1 spiro atoms. The smallest absolute Gasteiger partial charge is 0.331 e. The molecule has 1 aromatic heterocycles. The lowest BCUT2D eigenvalue weighted by atomic mass is 9.75. The third kappa shape index (κ3) is 2.94. The summed E-state index contributed by atoms with van der Waals surface area (Å²) in [7, 11) is 1.44. The second-order valence-electron chi connectivity index (χ2n) is 9.62. The van der Waals surface area contributed by atoms with Crippen LogP contribution < -0.4 is 5.32 Å². The van der Waals surface area contributed by atoms with E-state index in [-0.39, 0.29) is 30.1 Å². The van der Waals surface area contributed by atoms with Crippen LogP contribution in [0.3, 0.4) is 0 Å². The largest absolute Gasteiger partial charge is 0.468 e. The van der Waals surface area contributed by atoms with Crippen LogP contribution in [-0.4, -0.2) is 65.2 Å². The van der Waals surface area contributed by atoms with Gasteiger partial charge in [-0.25, -0.2) is 4.79 Å². The summed E-state index contributed by atoms with van der Waals surface area (Å²) in [6.45, 7) is 1.02. The molecule has 3 fully saturated rings. The van der Waals surface area contributed by atoms with Crippen LogP contribution in [0.15, 0.2) is 42.1 Å². The lowest BCUT2D eigenvalue weighted by molar-refractivity contribution is -0.148. The summed E-state index contributed by atoms with van der Waals surface area (Å²) in [4.78, 5) is 30.9. The molecule has 1 aliphatic carbocycles. The van der Waals surface area contributed by atoms with Gasteiger partial charge in [-0.3, -0.25) is 15.0 Å². The maximum absolute atomic E-state index is 12.8. The third-order valence-electron chi connectivity index (χ3n) is 8.04. The Labute approximate surface area is 187 Å². The van der Waals surface area contributed by atoms with E-state index in [0.29, 0.717) is 6.42 Å². The Hall–Kier alpha value is -2.64. The first-order valence-electron chi connectivity index (χ1n) is 11.7. The van der Waals surface area contributed by atoms with Gasteiger partial charge in [0.25, 0.3) is 0 Å². The van der Waals surface area contributed by atoms with Crippen molar-refractivity contribution in [2.24, 2.45) is 0 Å². The second kappa shape index (κ2) is 7.46. The molecule has 4 heterocycles. The van der Waals surface area contributed by atoms with E-state index in [1.165, 1.54) is 20.0 Å². The maximum Gasteiger partial charge on any atom is 0.331 e. The first-order valence-corrected chi connectivity index (χ1v) is 11.7. The average molecular weight is 436 g/mol. The molecule has 32 heavy (non-hydrogen) atoms. The zero-order chi connectivity index (χ0) is 21.9. The van der Waals surface area contributed by atoms with Gasteiger partial charge in [0.2, 0.25) is 0 Å². The molecule has 5 atom stereocenters. The minimum Gasteiger partial charge on any atom is -0.468 e. The number of nitrogens with one attached hydrogen (secondary N) is 2. The van der Waals surface area contributed by atoms with Crippen LogP contribution in [0.5, 0.6) is 0 Å². The van der Waals surface area contributed by atoms with E-state index >= 15 is 0 Å². The highest BCUT2D eigenvalue weighted by atomic mass is 16.6. The number of benzene rings is 1. The highest BCUT2D eigenvalue weighted by molar-refractivity contribution is 5.87. The molecule has 0 amide bonds. The molecule has 1 aromatic carbocycles. The second-order valence-corrected chi connectivity index (χ2v) is 9.62. The zero-order valence-electron chi connectivity index (χ0n) is 18.3. The van der Waals surface area contributed by atoms with Gasteiger partial charge in [0.05, 0.1) is 13.2 Å². The molecule has 0 radical (unpaired) electrons. The van der Waals surface area contributed by atoms with Gasteiger partial charge in [-0.15, -0.1) is 0 Å². The van der Waals surface area contributed by atoms with Crippen molar-refractivity contribution >= 4 is 22.8 Å². The zero-order valence-corrected chi connectivity index (χ0v) is 18.3. The number of aromatic nitrogens is 1. The predicted octanol–water partition coefficient (Wildman–Crippen LogP) is 2.46. The van der Waals surface area contributed by atoms with E-state index in [1.807, 2.05) is 24.4 Å². The van der Waals surface area contributed by atoms with E-state index in [2.05, 4.69) is 21.3 Å². The summed E-state index contributed by atoms with van der Waals surface area (Å²) < 4.78 is 11.2. The summed E-state index contributed by atoms with van der Waals surface area (Å²) in [5.41, 5.74) is 2.81. The minimum atomic E-state index is -0.459. The maximum atomic E-state index is 12.8. The van der Waals surface area contributed by atoms with Crippen molar-refractivity contribution in [2.45, 2.75) is 68.3 Å². The van der Waals surface area contributed by atoms with Crippen molar-refractivity contribution in [2.75, 3.05) is 13.7 Å². The molecule has 4 aliphatic rings. The van der Waals surface area contributed by atoms with Crippen LogP contribution in [0.2, 0.25) is 0 Å². The Balaban J connectivity index is 1.30. The SMILES string of the molecule is COC(=O)C(Cc1c[nH]c2ccccc12)NC1CC2=CC(=O)OC23CC1N1CCCCC13. The van der Waals surface area contributed by atoms with Crippen LogP contribution in [0.25, 0.3) is 10.9 Å². The number of hydrogen-bond acceptors (Lipinski definition) is 6. The Morgan fingerprint density at radius 2 is 2.25 bits per heavy atom. The molecular weight excluding hydrogens is 406 g/mol. The van der Waals surface area contributed by atoms with Gasteiger partial charge in [-0.1, -0.05) is 24.6 Å². The van der Waals surface area contributed by atoms with Gasteiger partial charge in [0, 0.05) is 48.1 Å². The Kier molecular flexibility index (Phi) is 4.66. The summed E-state index contributed by atoms with van der Waals surface area (Å²) in [5, 5.41) is 4.78. The number of H-pyrrole nitrogens is 1. The van der Waals surface area contributed by atoms with Crippen molar-refractivity contribution in [1.82, 2.24) is 15.2 Å². The molecule has 1 saturated carbocycles. The number of para-hydroxylation sites is 1. The van der Waals surface area contributed by atoms with Crippen LogP contribution in [0.1, 0.15) is 37.7 Å². The number of piperidine rings is 1. The number of esters is 2.